The second-order valence-corrected chi connectivity index (χ2v) is 2.48. The van der Waals surface area contributed by atoms with E-state index in [2.05, 4.69) is 15.2 Å². The first-order chi connectivity index (χ1) is 6.85. The topological polar surface area (TPSA) is 37.1 Å². The smallest absolute Gasteiger partial charge is 0.0636 e. The molecule has 76 valence electrons. The molecule has 0 aliphatic rings. The van der Waals surface area contributed by atoms with Crippen molar-refractivity contribution in [2.24, 2.45) is 15.2 Å². The molecule has 0 spiro atoms. The molecule has 0 fully saturated rings. The van der Waals surface area contributed by atoms with Gasteiger partial charge in [0.15, 0.2) is 0 Å². The third-order valence-electron chi connectivity index (χ3n) is 1.44. The number of rotatable bonds is 5. The van der Waals surface area contributed by atoms with E-state index >= 15 is 0 Å². The third kappa shape index (κ3) is 7.16. The fourth-order valence-corrected chi connectivity index (χ4v) is 0.762. The van der Waals surface area contributed by atoms with Gasteiger partial charge in [-0.2, -0.15) is 10.2 Å². The minimum Gasteiger partial charge on any atom is -0.269 e. The second-order valence-electron chi connectivity index (χ2n) is 2.48. The van der Waals surface area contributed by atoms with E-state index in [0.717, 1.165) is 5.70 Å². The maximum Gasteiger partial charge on any atom is 0.0636 e. The van der Waals surface area contributed by atoms with Crippen molar-refractivity contribution in [3.8, 4) is 0 Å². The van der Waals surface area contributed by atoms with Crippen LogP contribution in [-0.2, 0) is 0 Å². The van der Waals surface area contributed by atoms with Crippen LogP contribution in [-0.4, -0.2) is 13.3 Å². The average molecular weight is 191 g/mol. The monoisotopic (exact) mass is 191 g/mol. The van der Waals surface area contributed by atoms with E-state index in [4.69, 9.17) is 0 Å². The summed E-state index contributed by atoms with van der Waals surface area (Å²) in [6, 6.07) is 0. The Morgan fingerprint density at radius 3 is 2.57 bits per heavy atom. The van der Waals surface area contributed by atoms with Gasteiger partial charge in [0.05, 0.1) is 5.70 Å². The Balaban J connectivity index is 3.92. The lowest BCUT2D eigenvalue weighted by Crippen LogP contribution is -1.78. The van der Waals surface area contributed by atoms with Crippen molar-refractivity contribution in [1.82, 2.24) is 0 Å². The molecular weight excluding hydrogens is 174 g/mol. The Hall–Kier alpha value is -1.51. The highest BCUT2D eigenvalue weighted by molar-refractivity contribution is 5.61. The largest absolute Gasteiger partial charge is 0.269 e. The highest BCUT2D eigenvalue weighted by atomic mass is 15.1. The molecular formula is C11H17N3. The Bertz CT molecular complexity index is 270. The minimum absolute atomic E-state index is 0.716. The van der Waals surface area contributed by atoms with Crippen LogP contribution < -0.4 is 0 Å². The average Bonchev–Trinajstić information content (AvgIpc) is 2.21. The summed E-state index contributed by atoms with van der Waals surface area (Å²) in [5.41, 5.74) is 0.927. The lowest BCUT2D eigenvalue weighted by Gasteiger charge is -1.90. The van der Waals surface area contributed by atoms with Gasteiger partial charge in [-0.25, -0.2) is 0 Å². The quantitative estimate of drug-likeness (QED) is 0.362. The van der Waals surface area contributed by atoms with Crippen molar-refractivity contribution in [2.75, 3.05) is 7.05 Å². The Kier molecular flexibility index (Phi) is 8.54. The maximum absolute atomic E-state index is 4.08. The van der Waals surface area contributed by atoms with E-state index in [9.17, 15) is 0 Å². The summed E-state index contributed by atoms with van der Waals surface area (Å²) in [7, 11) is 1.66. The zero-order chi connectivity index (χ0) is 10.6. The Morgan fingerprint density at radius 2 is 2.00 bits per heavy atom. The number of hydrogen-bond acceptors (Lipinski definition) is 3. The van der Waals surface area contributed by atoms with Gasteiger partial charge >= 0.3 is 0 Å². The number of hydrogen-bond donors (Lipinski definition) is 0. The van der Waals surface area contributed by atoms with Crippen LogP contribution in [0.1, 0.15) is 20.3 Å². The van der Waals surface area contributed by atoms with Crippen molar-refractivity contribution in [2.45, 2.75) is 20.3 Å². The van der Waals surface area contributed by atoms with Gasteiger partial charge in [0.25, 0.3) is 0 Å². The van der Waals surface area contributed by atoms with Crippen molar-refractivity contribution < 1.29 is 0 Å². The number of allylic oxidation sites excluding steroid dienone is 5. The van der Waals surface area contributed by atoms with Gasteiger partial charge < -0.3 is 0 Å². The Morgan fingerprint density at radius 1 is 1.21 bits per heavy atom. The molecule has 14 heavy (non-hydrogen) atoms. The van der Waals surface area contributed by atoms with Crippen LogP contribution in [0.4, 0.5) is 0 Å². The fraction of sp³-hybridized carbons (Fsp3) is 0.364. The van der Waals surface area contributed by atoms with Crippen LogP contribution in [0.5, 0.6) is 0 Å². The summed E-state index contributed by atoms with van der Waals surface area (Å²) in [4.78, 5) is 4.08. The lowest BCUT2D eigenvalue weighted by molar-refractivity contribution is 1.05. The van der Waals surface area contributed by atoms with Crippen LogP contribution in [0.25, 0.3) is 0 Å². The zero-order valence-corrected chi connectivity index (χ0v) is 9.01. The molecule has 0 radical (unpaired) electrons. The van der Waals surface area contributed by atoms with E-state index in [1.807, 2.05) is 44.4 Å². The van der Waals surface area contributed by atoms with Crippen LogP contribution >= 0.6 is 0 Å². The summed E-state index contributed by atoms with van der Waals surface area (Å²) >= 11 is 0. The first-order valence-corrected chi connectivity index (χ1v) is 4.59. The summed E-state index contributed by atoms with van der Waals surface area (Å²) in [6.45, 7) is 3.90. The van der Waals surface area contributed by atoms with E-state index in [-0.39, 0.29) is 0 Å². The Labute approximate surface area is 85.7 Å². The van der Waals surface area contributed by atoms with E-state index < -0.39 is 0 Å². The molecule has 0 unspecified atom stereocenters. The normalized spacial score (nSPS) is 14.4. The molecule has 0 aromatic heterocycles. The van der Waals surface area contributed by atoms with E-state index in [0.29, 0.717) is 6.42 Å². The lowest BCUT2D eigenvalue weighted by atomic mass is 10.3. The molecule has 0 aromatic rings. The van der Waals surface area contributed by atoms with Gasteiger partial charge in [0.2, 0.25) is 0 Å². The number of nitrogens with zero attached hydrogens (tertiary/aromatic N) is 3. The minimum atomic E-state index is 0.716. The SMILES string of the molecule is C/C=C\C=C/N=CC/C(=C/C)N=NC. The molecule has 0 N–H and O–H groups in total. The van der Waals surface area contributed by atoms with Gasteiger partial charge in [0.1, 0.15) is 0 Å². The summed E-state index contributed by atoms with van der Waals surface area (Å²) in [6.07, 6.45) is 12.0. The number of aliphatic imine (C=N–C) groups is 1. The van der Waals surface area contributed by atoms with Gasteiger partial charge in [-0.1, -0.05) is 18.2 Å². The van der Waals surface area contributed by atoms with E-state index in [1.54, 1.807) is 13.2 Å². The molecule has 0 saturated carbocycles. The molecule has 0 amide bonds. The van der Waals surface area contributed by atoms with Crippen LogP contribution in [0.15, 0.2) is 51.4 Å². The van der Waals surface area contributed by atoms with Crippen molar-refractivity contribution in [1.29, 1.82) is 0 Å². The van der Waals surface area contributed by atoms with Gasteiger partial charge in [0, 0.05) is 25.9 Å². The molecule has 3 nitrogen and oxygen atoms in total. The van der Waals surface area contributed by atoms with Crippen LogP contribution in [0.2, 0.25) is 0 Å². The van der Waals surface area contributed by atoms with Crippen molar-refractivity contribution >= 4 is 6.21 Å². The zero-order valence-electron chi connectivity index (χ0n) is 9.01. The molecule has 0 saturated heterocycles. The predicted molar refractivity (Wildman–Crippen MR) is 61.6 cm³/mol. The molecule has 0 aromatic carbocycles. The molecule has 0 heterocycles. The van der Waals surface area contributed by atoms with Crippen molar-refractivity contribution in [3.05, 3.63) is 36.2 Å². The predicted octanol–water partition coefficient (Wildman–Crippen LogP) is 3.52. The van der Waals surface area contributed by atoms with Crippen LogP contribution in [0, 0.1) is 0 Å². The van der Waals surface area contributed by atoms with Crippen molar-refractivity contribution in [3.63, 3.8) is 0 Å². The highest BCUT2D eigenvalue weighted by Crippen LogP contribution is 2.00. The van der Waals surface area contributed by atoms with Gasteiger partial charge in [-0.15, -0.1) is 0 Å². The maximum atomic E-state index is 4.08. The fourth-order valence-electron chi connectivity index (χ4n) is 0.762. The summed E-state index contributed by atoms with van der Waals surface area (Å²) in [5, 5.41) is 7.63. The first-order valence-electron chi connectivity index (χ1n) is 4.59. The standard InChI is InChI=1S/C11H17N3/c1-4-6-7-9-13-10-8-11(5-2)14-12-3/h4-7,9-10H,8H2,1-3H3/b6-4-,9-7-,11-5-,13-10?,14-12?. The highest BCUT2D eigenvalue weighted by Gasteiger charge is 1.87. The van der Waals surface area contributed by atoms with E-state index in [1.165, 1.54) is 0 Å². The van der Waals surface area contributed by atoms with Gasteiger partial charge in [-0.3, -0.25) is 4.99 Å². The number of azo groups is 1. The third-order valence-corrected chi connectivity index (χ3v) is 1.44. The van der Waals surface area contributed by atoms with Gasteiger partial charge in [-0.05, 0) is 19.9 Å². The first kappa shape index (κ1) is 12.5. The molecule has 3 heteroatoms. The molecule has 0 rings (SSSR count). The molecule has 0 aliphatic heterocycles. The summed E-state index contributed by atoms with van der Waals surface area (Å²) in [5.74, 6) is 0. The molecule has 0 bridgehead atoms. The second kappa shape index (κ2) is 9.58. The molecule has 0 atom stereocenters. The summed E-state index contributed by atoms with van der Waals surface area (Å²) < 4.78 is 0. The van der Waals surface area contributed by atoms with Crippen LogP contribution in [0.3, 0.4) is 0 Å². The molecule has 0 aliphatic carbocycles.